The molecule has 146 valence electrons. The Morgan fingerprint density at radius 1 is 1.21 bits per heavy atom. The monoisotopic (exact) mass is 420 g/mol. The summed E-state index contributed by atoms with van der Waals surface area (Å²) in [4.78, 5) is 25.3. The highest BCUT2D eigenvalue weighted by Gasteiger charge is 2.14. The van der Waals surface area contributed by atoms with E-state index in [0.29, 0.717) is 47.0 Å². The normalized spacial score (nSPS) is 10.7. The minimum atomic E-state index is -0.120. The van der Waals surface area contributed by atoms with Crippen LogP contribution in [0.5, 0.6) is 6.01 Å². The average Bonchev–Trinajstić information content (AvgIpc) is 3.18. The Kier molecular flexibility index (Phi) is 6.84. The summed E-state index contributed by atoms with van der Waals surface area (Å²) in [6.45, 7) is 2.67. The van der Waals surface area contributed by atoms with Crippen LogP contribution >= 0.6 is 23.2 Å². The molecule has 3 rings (SSSR count). The molecule has 0 fully saturated rings. The average molecular weight is 421 g/mol. The molecule has 0 spiro atoms. The number of furan rings is 1. The minimum Gasteiger partial charge on any atom is -0.467 e. The lowest BCUT2D eigenvalue weighted by Gasteiger charge is -2.08. The van der Waals surface area contributed by atoms with E-state index in [9.17, 15) is 4.79 Å². The van der Waals surface area contributed by atoms with Gasteiger partial charge in [-0.05, 0) is 37.3 Å². The fourth-order valence-corrected chi connectivity index (χ4v) is 2.95. The molecule has 2 heterocycles. The number of halogens is 2. The molecule has 0 radical (unpaired) electrons. The number of aromatic nitrogens is 3. The first kappa shape index (κ1) is 20.1. The van der Waals surface area contributed by atoms with E-state index in [4.69, 9.17) is 32.4 Å². The smallest absolute Gasteiger partial charge is 0.321 e. The number of ketones is 1. The second-order valence-electron chi connectivity index (χ2n) is 5.77. The Labute approximate surface area is 172 Å². The van der Waals surface area contributed by atoms with Crippen LogP contribution < -0.4 is 10.1 Å². The van der Waals surface area contributed by atoms with E-state index in [1.807, 2.05) is 13.0 Å². The Bertz CT molecular complexity index is 948. The number of hydrogen-bond acceptors (Lipinski definition) is 7. The number of anilines is 1. The molecule has 0 amide bonds. The van der Waals surface area contributed by atoms with Gasteiger partial charge in [0.2, 0.25) is 5.95 Å². The quantitative estimate of drug-likeness (QED) is 0.505. The molecule has 0 aliphatic rings. The lowest BCUT2D eigenvalue weighted by Crippen LogP contribution is -2.11. The first-order valence-corrected chi connectivity index (χ1v) is 9.43. The summed E-state index contributed by atoms with van der Waals surface area (Å²) in [6, 6.07) is 8.63. The van der Waals surface area contributed by atoms with Crippen molar-refractivity contribution in [3.05, 3.63) is 63.8 Å². The topological polar surface area (TPSA) is 90.1 Å². The molecule has 1 N–H and O–H groups in total. The third-order valence-corrected chi connectivity index (χ3v) is 4.29. The van der Waals surface area contributed by atoms with Crippen LogP contribution in [0.2, 0.25) is 10.0 Å². The Morgan fingerprint density at radius 3 is 2.79 bits per heavy atom. The van der Waals surface area contributed by atoms with Crippen molar-refractivity contribution >= 4 is 34.9 Å². The predicted molar refractivity (Wildman–Crippen MR) is 106 cm³/mol. The number of nitrogens with one attached hydrogen (secondary N) is 1. The van der Waals surface area contributed by atoms with E-state index in [0.717, 1.165) is 5.76 Å². The molecule has 0 saturated heterocycles. The molecule has 3 aromatic rings. The van der Waals surface area contributed by atoms with Crippen LogP contribution in [0.3, 0.4) is 0 Å². The van der Waals surface area contributed by atoms with Gasteiger partial charge in [-0.3, -0.25) is 4.79 Å². The Morgan fingerprint density at radius 2 is 2.07 bits per heavy atom. The van der Waals surface area contributed by atoms with Gasteiger partial charge in [-0.1, -0.05) is 23.2 Å². The van der Waals surface area contributed by atoms with Gasteiger partial charge in [-0.15, -0.1) is 0 Å². The summed E-state index contributed by atoms with van der Waals surface area (Å²) in [5.41, 5.74) is 0.418. The third-order valence-electron chi connectivity index (χ3n) is 3.74. The maximum atomic E-state index is 12.5. The van der Waals surface area contributed by atoms with Crippen LogP contribution in [0.4, 0.5) is 5.95 Å². The van der Waals surface area contributed by atoms with Crippen molar-refractivity contribution in [2.75, 3.05) is 11.9 Å². The van der Waals surface area contributed by atoms with Crippen molar-refractivity contribution in [3.8, 4) is 6.01 Å². The maximum Gasteiger partial charge on any atom is 0.321 e. The first-order valence-electron chi connectivity index (χ1n) is 8.67. The van der Waals surface area contributed by atoms with Crippen LogP contribution in [-0.4, -0.2) is 27.3 Å². The molecule has 0 aliphatic heterocycles. The van der Waals surface area contributed by atoms with Gasteiger partial charge in [-0.2, -0.15) is 15.0 Å². The van der Waals surface area contributed by atoms with Crippen LogP contribution in [0, 0.1) is 0 Å². The number of benzene rings is 1. The summed E-state index contributed by atoms with van der Waals surface area (Å²) in [5, 5.41) is 3.87. The van der Waals surface area contributed by atoms with Gasteiger partial charge in [0, 0.05) is 23.4 Å². The second-order valence-corrected chi connectivity index (χ2v) is 6.61. The first-order chi connectivity index (χ1) is 13.5. The molecule has 1 aromatic carbocycles. The van der Waals surface area contributed by atoms with Crippen LogP contribution in [0.15, 0.2) is 41.0 Å². The highest BCUT2D eigenvalue weighted by atomic mass is 35.5. The lowest BCUT2D eigenvalue weighted by molar-refractivity contribution is 0.0982. The summed E-state index contributed by atoms with van der Waals surface area (Å²) < 4.78 is 10.7. The molecule has 0 saturated carbocycles. The zero-order valence-corrected chi connectivity index (χ0v) is 16.6. The van der Waals surface area contributed by atoms with Crippen LogP contribution in [0.1, 0.15) is 35.3 Å². The highest BCUT2D eigenvalue weighted by molar-refractivity contribution is 6.36. The Hall–Kier alpha value is -2.64. The highest BCUT2D eigenvalue weighted by Crippen LogP contribution is 2.22. The fraction of sp³-hybridized carbons (Fsp3) is 0.263. The fourth-order valence-electron chi connectivity index (χ4n) is 2.44. The largest absolute Gasteiger partial charge is 0.467 e. The molecular weight excluding hydrogens is 403 g/mol. The minimum absolute atomic E-state index is 0.120. The number of ether oxygens (including phenoxy) is 1. The molecule has 9 heteroatoms. The van der Waals surface area contributed by atoms with Crippen LogP contribution in [-0.2, 0) is 13.0 Å². The SMILES string of the molecule is CCOc1nc(CCC(=O)c2ccc(Cl)cc2Cl)nc(NCc2ccco2)n1. The zero-order chi connectivity index (χ0) is 19.9. The van der Waals surface area contributed by atoms with E-state index < -0.39 is 0 Å². The molecule has 0 aliphatic carbocycles. The maximum absolute atomic E-state index is 12.5. The number of hydrogen-bond donors (Lipinski definition) is 1. The van der Waals surface area contributed by atoms with E-state index >= 15 is 0 Å². The Balaban J connectivity index is 1.70. The van der Waals surface area contributed by atoms with Crippen molar-refractivity contribution in [2.45, 2.75) is 26.3 Å². The summed E-state index contributed by atoms with van der Waals surface area (Å²) in [7, 11) is 0. The van der Waals surface area contributed by atoms with Gasteiger partial charge in [0.15, 0.2) is 5.78 Å². The van der Waals surface area contributed by atoms with Crippen molar-refractivity contribution in [1.29, 1.82) is 0 Å². The van der Waals surface area contributed by atoms with Crippen molar-refractivity contribution in [1.82, 2.24) is 15.0 Å². The predicted octanol–water partition coefficient (Wildman–Crippen LogP) is 4.60. The molecular formula is C19H18Cl2N4O3. The van der Waals surface area contributed by atoms with Gasteiger partial charge in [0.1, 0.15) is 11.6 Å². The van der Waals surface area contributed by atoms with Gasteiger partial charge in [0.25, 0.3) is 0 Å². The van der Waals surface area contributed by atoms with E-state index in [1.54, 1.807) is 30.5 Å². The number of rotatable bonds is 9. The van der Waals surface area contributed by atoms with Gasteiger partial charge >= 0.3 is 6.01 Å². The van der Waals surface area contributed by atoms with Crippen molar-refractivity contribution in [3.63, 3.8) is 0 Å². The molecule has 0 bridgehead atoms. The van der Waals surface area contributed by atoms with Crippen molar-refractivity contribution < 1.29 is 13.9 Å². The molecule has 0 atom stereocenters. The molecule has 28 heavy (non-hydrogen) atoms. The van der Waals surface area contributed by atoms with Crippen LogP contribution in [0.25, 0.3) is 0 Å². The molecule has 7 nitrogen and oxygen atoms in total. The van der Waals surface area contributed by atoms with Crippen molar-refractivity contribution in [2.24, 2.45) is 0 Å². The third kappa shape index (κ3) is 5.43. The number of carbonyl (C=O) groups is 1. The number of aryl methyl sites for hydroxylation is 1. The summed E-state index contributed by atoms with van der Waals surface area (Å²) in [6.07, 6.45) is 2.10. The summed E-state index contributed by atoms with van der Waals surface area (Å²) >= 11 is 12.0. The molecule has 2 aromatic heterocycles. The number of carbonyl (C=O) groups excluding carboxylic acids is 1. The number of Topliss-reactive ketones (excluding diaryl/α,β-unsaturated/α-hetero) is 1. The summed E-state index contributed by atoms with van der Waals surface area (Å²) in [5.74, 6) is 1.42. The van der Waals surface area contributed by atoms with E-state index in [2.05, 4.69) is 20.3 Å². The van der Waals surface area contributed by atoms with Gasteiger partial charge in [-0.25, -0.2) is 0 Å². The zero-order valence-electron chi connectivity index (χ0n) is 15.1. The second kappa shape index (κ2) is 9.52. The number of nitrogens with zero attached hydrogens (tertiary/aromatic N) is 3. The van der Waals surface area contributed by atoms with E-state index in [1.165, 1.54) is 0 Å². The van der Waals surface area contributed by atoms with Gasteiger partial charge in [0.05, 0.1) is 24.4 Å². The molecule has 0 unspecified atom stereocenters. The van der Waals surface area contributed by atoms with Gasteiger partial charge < -0.3 is 14.5 Å². The standard InChI is InChI=1S/C19H18Cl2N4O3/c1-2-27-19-24-17(23-18(25-19)22-11-13-4-3-9-28-13)8-7-16(26)14-6-5-12(20)10-15(14)21/h3-6,9-10H,2,7-8,11H2,1H3,(H,22,23,24,25). The lowest BCUT2D eigenvalue weighted by atomic mass is 10.1. The van der Waals surface area contributed by atoms with E-state index in [-0.39, 0.29) is 18.2 Å².